The van der Waals surface area contributed by atoms with Gasteiger partial charge in [0.25, 0.3) is 0 Å². The Morgan fingerprint density at radius 3 is 2.65 bits per heavy atom. The molecule has 0 bridgehead atoms. The van der Waals surface area contributed by atoms with Crippen molar-refractivity contribution >= 4 is 28.4 Å². The number of aryl methyl sites for hydroxylation is 1. The predicted molar refractivity (Wildman–Crippen MR) is 91.0 cm³/mol. The van der Waals surface area contributed by atoms with Gasteiger partial charge in [-0.25, -0.2) is 9.97 Å². The summed E-state index contributed by atoms with van der Waals surface area (Å²) in [5.41, 5.74) is 3.21. The van der Waals surface area contributed by atoms with Crippen molar-refractivity contribution in [1.29, 1.82) is 0 Å². The van der Waals surface area contributed by atoms with Crippen LogP contribution >= 0.6 is 22.6 Å². The summed E-state index contributed by atoms with van der Waals surface area (Å²) < 4.78 is 1.10. The van der Waals surface area contributed by atoms with Crippen molar-refractivity contribution in [1.82, 2.24) is 15.0 Å². The molecule has 0 aliphatic rings. The number of hydrogen-bond donors (Lipinski definition) is 1. The van der Waals surface area contributed by atoms with Crippen molar-refractivity contribution in [3.63, 3.8) is 0 Å². The summed E-state index contributed by atoms with van der Waals surface area (Å²) in [6.45, 7) is 9.28. The maximum absolute atomic E-state index is 4.75. The smallest absolute Gasteiger partial charge is 0.163 e. The Balaban J connectivity index is 2.62. The number of nitrogens with zero attached hydrogens (tertiary/aromatic N) is 3. The third-order valence-corrected chi connectivity index (χ3v) is 4.11. The molecule has 0 aliphatic heterocycles. The largest absolute Gasteiger partial charge is 0.369 e. The highest BCUT2D eigenvalue weighted by Gasteiger charge is 2.16. The summed E-state index contributed by atoms with van der Waals surface area (Å²) in [5.74, 6) is 2.01. The van der Waals surface area contributed by atoms with Crippen molar-refractivity contribution in [2.24, 2.45) is 0 Å². The molecule has 0 radical (unpaired) electrons. The SMILES string of the molecule is CCNc1nc(-c2cnccc2C)nc(C(C)C)c1I. The van der Waals surface area contributed by atoms with Crippen LogP contribution in [0.15, 0.2) is 18.5 Å². The molecule has 0 spiro atoms. The van der Waals surface area contributed by atoms with Crippen molar-refractivity contribution in [2.75, 3.05) is 11.9 Å². The van der Waals surface area contributed by atoms with Crippen LogP contribution in [0, 0.1) is 10.5 Å². The number of halogens is 1. The molecule has 20 heavy (non-hydrogen) atoms. The van der Waals surface area contributed by atoms with Crippen LogP contribution in [0.2, 0.25) is 0 Å². The second-order valence-corrected chi connectivity index (χ2v) is 6.05. The van der Waals surface area contributed by atoms with Crippen molar-refractivity contribution < 1.29 is 0 Å². The minimum absolute atomic E-state index is 0.359. The Kier molecular flexibility index (Phi) is 4.91. The zero-order valence-electron chi connectivity index (χ0n) is 12.2. The third-order valence-electron chi connectivity index (χ3n) is 3.05. The fourth-order valence-electron chi connectivity index (χ4n) is 1.95. The molecule has 2 aromatic rings. The van der Waals surface area contributed by atoms with Gasteiger partial charge in [0.2, 0.25) is 0 Å². The van der Waals surface area contributed by atoms with E-state index in [-0.39, 0.29) is 0 Å². The molecule has 0 aliphatic carbocycles. The van der Waals surface area contributed by atoms with E-state index in [9.17, 15) is 0 Å². The quantitative estimate of drug-likeness (QED) is 0.812. The van der Waals surface area contributed by atoms with Crippen LogP contribution in [0.3, 0.4) is 0 Å². The van der Waals surface area contributed by atoms with Gasteiger partial charge in [-0.3, -0.25) is 4.98 Å². The average Bonchev–Trinajstić information content (AvgIpc) is 2.41. The van der Waals surface area contributed by atoms with Crippen molar-refractivity contribution in [3.8, 4) is 11.4 Å². The Labute approximate surface area is 133 Å². The van der Waals surface area contributed by atoms with Crippen LogP contribution in [0.1, 0.15) is 37.9 Å². The molecular weight excluding hydrogens is 363 g/mol. The molecule has 4 nitrogen and oxygen atoms in total. The lowest BCUT2D eigenvalue weighted by molar-refractivity contribution is 0.808. The highest BCUT2D eigenvalue weighted by molar-refractivity contribution is 14.1. The highest BCUT2D eigenvalue weighted by Crippen LogP contribution is 2.29. The number of pyridine rings is 1. The molecule has 2 rings (SSSR count). The van der Waals surface area contributed by atoms with E-state index in [0.29, 0.717) is 5.92 Å². The van der Waals surface area contributed by atoms with Crippen molar-refractivity contribution in [3.05, 3.63) is 33.3 Å². The summed E-state index contributed by atoms with van der Waals surface area (Å²) in [7, 11) is 0. The Morgan fingerprint density at radius 1 is 1.30 bits per heavy atom. The van der Waals surface area contributed by atoms with Gasteiger partial charge < -0.3 is 5.32 Å². The minimum Gasteiger partial charge on any atom is -0.369 e. The van der Waals surface area contributed by atoms with Crippen LogP contribution in [-0.4, -0.2) is 21.5 Å². The molecule has 0 amide bonds. The zero-order valence-corrected chi connectivity index (χ0v) is 14.4. The van der Waals surface area contributed by atoms with E-state index in [2.05, 4.69) is 65.6 Å². The lowest BCUT2D eigenvalue weighted by Gasteiger charge is -2.15. The molecule has 106 valence electrons. The van der Waals surface area contributed by atoms with Gasteiger partial charge in [-0.15, -0.1) is 0 Å². The number of aromatic nitrogens is 3. The van der Waals surface area contributed by atoms with Gasteiger partial charge in [-0.05, 0) is 54.0 Å². The summed E-state index contributed by atoms with van der Waals surface area (Å²) in [4.78, 5) is 13.6. The second-order valence-electron chi connectivity index (χ2n) is 4.97. The Hall–Kier alpha value is -1.24. The summed E-state index contributed by atoms with van der Waals surface area (Å²) in [6.07, 6.45) is 3.62. The van der Waals surface area contributed by atoms with Crippen LogP contribution in [0.5, 0.6) is 0 Å². The molecule has 0 atom stereocenters. The van der Waals surface area contributed by atoms with E-state index in [1.54, 1.807) is 6.20 Å². The van der Waals surface area contributed by atoms with E-state index in [4.69, 9.17) is 4.98 Å². The first kappa shape index (κ1) is 15.2. The minimum atomic E-state index is 0.359. The second kappa shape index (κ2) is 6.47. The van der Waals surface area contributed by atoms with Gasteiger partial charge in [-0.1, -0.05) is 13.8 Å². The molecular formula is C15H19IN4. The summed E-state index contributed by atoms with van der Waals surface area (Å²) in [5, 5.41) is 3.32. The first-order chi connectivity index (χ1) is 9.54. The standard InChI is InChI=1S/C15H19IN4/c1-5-18-15-12(16)13(9(2)3)19-14(20-15)11-8-17-7-6-10(11)4/h6-9H,5H2,1-4H3,(H,18,19,20). The number of hydrogen-bond acceptors (Lipinski definition) is 4. The normalized spacial score (nSPS) is 10.9. The van der Waals surface area contributed by atoms with E-state index >= 15 is 0 Å². The summed E-state index contributed by atoms with van der Waals surface area (Å²) >= 11 is 2.32. The molecule has 0 saturated heterocycles. The maximum Gasteiger partial charge on any atom is 0.163 e. The maximum atomic E-state index is 4.75. The van der Waals surface area contributed by atoms with E-state index in [0.717, 1.165) is 38.6 Å². The fourth-order valence-corrected chi connectivity index (χ4v) is 3.00. The zero-order chi connectivity index (χ0) is 14.7. The van der Waals surface area contributed by atoms with Crippen LogP contribution < -0.4 is 5.32 Å². The average molecular weight is 382 g/mol. The van der Waals surface area contributed by atoms with Gasteiger partial charge in [0, 0.05) is 24.5 Å². The van der Waals surface area contributed by atoms with Gasteiger partial charge in [-0.2, -0.15) is 0 Å². The van der Waals surface area contributed by atoms with E-state index < -0.39 is 0 Å². The molecule has 2 aromatic heterocycles. The predicted octanol–water partition coefficient (Wildman–Crippen LogP) is 4.01. The van der Waals surface area contributed by atoms with E-state index in [1.807, 2.05) is 12.3 Å². The number of nitrogens with one attached hydrogen (secondary N) is 1. The third kappa shape index (κ3) is 3.08. The first-order valence-electron chi connectivity index (χ1n) is 6.76. The molecule has 1 N–H and O–H groups in total. The van der Waals surface area contributed by atoms with Crippen LogP contribution in [0.25, 0.3) is 11.4 Å². The van der Waals surface area contributed by atoms with Gasteiger partial charge in [0.15, 0.2) is 5.82 Å². The number of rotatable bonds is 4. The molecule has 0 saturated carbocycles. The molecule has 2 heterocycles. The fraction of sp³-hybridized carbons (Fsp3) is 0.400. The lowest BCUT2D eigenvalue weighted by atomic mass is 10.1. The van der Waals surface area contributed by atoms with Crippen LogP contribution in [0.4, 0.5) is 5.82 Å². The monoisotopic (exact) mass is 382 g/mol. The molecule has 5 heteroatoms. The molecule has 0 unspecified atom stereocenters. The van der Waals surface area contributed by atoms with Gasteiger partial charge in [0.05, 0.1) is 9.26 Å². The highest BCUT2D eigenvalue weighted by atomic mass is 127. The van der Waals surface area contributed by atoms with Crippen LogP contribution in [-0.2, 0) is 0 Å². The Bertz CT molecular complexity index is 611. The Morgan fingerprint density at radius 2 is 2.05 bits per heavy atom. The van der Waals surface area contributed by atoms with Gasteiger partial charge in [0.1, 0.15) is 5.82 Å². The summed E-state index contributed by atoms with van der Waals surface area (Å²) in [6, 6.07) is 1.98. The van der Waals surface area contributed by atoms with E-state index in [1.165, 1.54) is 0 Å². The topological polar surface area (TPSA) is 50.7 Å². The molecule has 0 fully saturated rings. The first-order valence-corrected chi connectivity index (χ1v) is 7.84. The lowest BCUT2D eigenvalue weighted by Crippen LogP contribution is -2.09. The van der Waals surface area contributed by atoms with Crippen molar-refractivity contribution in [2.45, 2.75) is 33.6 Å². The molecule has 0 aromatic carbocycles. The van der Waals surface area contributed by atoms with Gasteiger partial charge >= 0.3 is 0 Å². The number of anilines is 1.